The van der Waals surface area contributed by atoms with Crippen LogP contribution < -0.4 is 5.46 Å². The largest absolute Gasteiger partial charge is 0.488 e. The Hall–Kier alpha value is -0.835. The van der Waals surface area contributed by atoms with Gasteiger partial charge in [0.15, 0.2) is 0 Å². The average molecular weight is 205 g/mol. The maximum absolute atomic E-state index is 8.94. The first-order valence-electron chi connectivity index (χ1n) is 5.32. The maximum Gasteiger partial charge on any atom is 0.488 e. The highest BCUT2D eigenvalue weighted by Gasteiger charge is 2.25. The molecule has 1 aromatic carbocycles. The average Bonchev–Trinajstić information content (AvgIpc) is 3.01. The van der Waals surface area contributed by atoms with Gasteiger partial charge in [-0.15, -0.1) is 0 Å². The van der Waals surface area contributed by atoms with Crippen molar-refractivity contribution in [2.75, 3.05) is 7.05 Å². The lowest BCUT2D eigenvalue weighted by Crippen LogP contribution is -2.29. The maximum atomic E-state index is 8.94. The Morgan fingerprint density at radius 1 is 1.27 bits per heavy atom. The van der Waals surface area contributed by atoms with Crippen LogP contribution in [0.3, 0.4) is 0 Å². The summed E-state index contributed by atoms with van der Waals surface area (Å²) in [5, 5.41) is 17.9. The molecule has 0 atom stereocenters. The Labute approximate surface area is 90.5 Å². The molecule has 4 heteroatoms. The number of benzene rings is 1. The molecule has 1 aliphatic carbocycles. The topological polar surface area (TPSA) is 43.7 Å². The van der Waals surface area contributed by atoms with Gasteiger partial charge < -0.3 is 10.0 Å². The van der Waals surface area contributed by atoms with Gasteiger partial charge in [-0.3, -0.25) is 4.90 Å². The van der Waals surface area contributed by atoms with Crippen LogP contribution in [-0.2, 0) is 6.54 Å². The second-order valence-corrected chi connectivity index (χ2v) is 4.26. The normalized spacial score (nSPS) is 15.7. The van der Waals surface area contributed by atoms with Crippen LogP contribution in [-0.4, -0.2) is 35.2 Å². The Bertz CT molecular complexity index is 322. The molecule has 0 amide bonds. The molecule has 0 saturated heterocycles. The molecule has 3 nitrogen and oxygen atoms in total. The van der Waals surface area contributed by atoms with Gasteiger partial charge in [0.25, 0.3) is 0 Å². The van der Waals surface area contributed by atoms with Gasteiger partial charge in [0.05, 0.1) is 0 Å². The van der Waals surface area contributed by atoms with E-state index in [0.717, 1.165) is 12.6 Å². The first-order valence-corrected chi connectivity index (χ1v) is 5.32. The van der Waals surface area contributed by atoms with Crippen LogP contribution >= 0.6 is 0 Å². The summed E-state index contributed by atoms with van der Waals surface area (Å²) in [6.45, 7) is 0.937. The molecule has 2 N–H and O–H groups in total. The second kappa shape index (κ2) is 4.35. The quantitative estimate of drug-likeness (QED) is 0.678. The summed E-state index contributed by atoms with van der Waals surface area (Å²) < 4.78 is 0. The smallest absolute Gasteiger partial charge is 0.423 e. The van der Waals surface area contributed by atoms with Crippen molar-refractivity contribution in [2.45, 2.75) is 25.4 Å². The van der Waals surface area contributed by atoms with E-state index in [4.69, 9.17) is 10.0 Å². The van der Waals surface area contributed by atoms with Crippen LogP contribution in [0.2, 0.25) is 0 Å². The van der Waals surface area contributed by atoms with Crippen molar-refractivity contribution >= 4 is 12.6 Å². The third-order valence-corrected chi connectivity index (χ3v) is 2.88. The Morgan fingerprint density at radius 3 is 2.33 bits per heavy atom. The SMILES string of the molecule is CN(Cc1ccc(B(O)O)cc1)C1CC1. The van der Waals surface area contributed by atoms with Gasteiger partial charge >= 0.3 is 7.12 Å². The van der Waals surface area contributed by atoms with Crippen molar-refractivity contribution in [3.05, 3.63) is 29.8 Å². The van der Waals surface area contributed by atoms with Gasteiger partial charge in [0, 0.05) is 12.6 Å². The predicted molar refractivity (Wildman–Crippen MR) is 60.8 cm³/mol. The molecular weight excluding hydrogens is 189 g/mol. The molecule has 0 aliphatic heterocycles. The van der Waals surface area contributed by atoms with E-state index in [1.807, 2.05) is 12.1 Å². The van der Waals surface area contributed by atoms with Crippen molar-refractivity contribution in [2.24, 2.45) is 0 Å². The molecule has 0 spiro atoms. The fraction of sp³-hybridized carbons (Fsp3) is 0.455. The first-order chi connectivity index (χ1) is 7.16. The number of rotatable bonds is 4. The summed E-state index contributed by atoms with van der Waals surface area (Å²) >= 11 is 0. The zero-order valence-corrected chi connectivity index (χ0v) is 8.93. The first kappa shape index (κ1) is 10.7. The third-order valence-electron chi connectivity index (χ3n) is 2.88. The second-order valence-electron chi connectivity index (χ2n) is 4.26. The molecule has 80 valence electrons. The van der Waals surface area contributed by atoms with Gasteiger partial charge in [-0.05, 0) is 30.9 Å². The standard InChI is InChI=1S/C11H16BNO2/c1-13(11-6-7-11)8-9-2-4-10(5-3-9)12(14)15/h2-5,11,14-15H,6-8H2,1H3. The monoisotopic (exact) mass is 205 g/mol. The Kier molecular flexibility index (Phi) is 3.10. The molecule has 1 saturated carbocycles. The molecule has 0 radical (unpaired) electrons. The van der Waals surface area contributed by atoms with Crippen LogP contribution in [0.1, 0.15) is 18.4 Å². The minimum Gasteiger partial charge on any atom is -0.423 e. The van der Waals surface area contributed by atoms with Crippen molar-refractivity contribution in [1.82, 2.24) is 4.90 Å². The summed E-state index contributed by atoms with van der Waals surface area (Å²) in [6, 6.07) is 8.19. The molecule has 1 aliphatic rings. The summed E-state index contributed by atoms with van der Waals surface area (Å²) in [4.78, 5) is 2.34. The lowest BCUT2D eigenvalue weighted by Gasteiger charge is -2.15. The van der Waals surface area contributed by atoms with Gasteiger partial charge in [0.2, 0.25) is 0 Å². The van der Waals surface area contributed by atoms with Gasteiger partial charge in [-0.1, -0.05) is 24.3 Å². The van der Waals surface area contributed by atoms with Gasteiger partial charge in [-0.25, -0.2) is 0 Å². The van der Waals surface area contributed by atoms with Gasteiger partial charge in [-0.2, -0.15) is 0 Å². The summed E-state index contributed by atoms with van der Waals surface area (Å²) in [5.41, 5.74) is 1.77. The van der Waals surface area contributed by atoms with Crippen LogP contribution in [0.15, 0.2) is 24.3 Å². The Morgan fingerprint density at radius 2 is 1.87 bits per heavy atom. The van der Waals surface area contributed by atoms with Crippen molar-refractivity contribution < 1.29 is 10.0 Å². The summed E-state index contributed by atoms with van der Waals surface area (Å²) in [7, 11) is 0.771. The predicted octanol–water partition coefficient (Wildman–Crippen LogP) is -0.0394. The highest BCUT2D eigenvalue weighted by molar-refractivity contribution is 6.58. The van der Waals surface area contributed by atoms with E-state index in [1.165, 1.54) is 18.4 Å². The molecule has 0 aromatic heterocycles. The molecule has 1 aromatic rings. The van der Waals surface area contributed by atoms with E-state index >= 15 is 0 Å². The summed E-state index contributed by atoms with van der Waals surface area (Å²) in [5.74, 6) is 0. The van der Waals surface area contributed by atoms with Crippen LogP contribution in [0, 0.1) is 0 Å². The van der Waals surface area contributed by atoms with E-state index < -0.39 is 7.12 Å². The van der Waals surface area contributed by atoms with Gasteiger partial charge in [0.1, 0.15) is 0 Å². The zero-order chi connectivity index (χ0) is 10.8. The fourth-order valence-corrected chi connectivity index (χ4v) is 1.73. The van der Waals surface area contributed by atoms with E-state index in [1.54, 1.807) is 12.1 Å². The zero-order valence-electron chi connectivity index (χ0n) is 8.93. The molecular formula is C11H16BNO2. The minimum absolute atomic E-state index is 0.549. The van der Waals surface area contributed by atoms with Crippen LogP contribution in [0.4, 0.5) is 0 Å². The molecule has 1 fully saturated rings. The van der Waals surface area contributed by atoms with Crippen molar-refractivity contribution in [3.63, 3.8) is 0 Å². The summed E-state index contributed by atoms with van der Waals surface area (Å²) in [6.07, 6.45) is 2.62. The highest BCUT2D eigenvalue weighted by atomic mass is 16.4. The van der Waals surface area contributed by atoms with Crippen LogP contribution in [0.25, 0.3) is 0 Å². The van der Waals surface area contributed by atoms with E-state index in [9.17, 15) is 0 Å². The lowest BCUT2D eigenvalue weighted by molar-refractivity contribution is 0.316. The highest BCUT2D eigenvalue weighted by Crippen LogP contribution is 2.26. The van der Waals surface area contributed by atoms with E-state index in [-0.39, 0.29) is 0 Å². The number of hydrogen-bond donors (Lipinski definition) is 2. The molecule has 0 heterocycles. The Balaban J connectivity index is 1.97. The van der Waals surface area contributed by atoms with E-state index in [0.29, 0.717) is 5.46 Å². The number of nitrogens with zero attached hydrogens (tertiary/aromatic N) is 1. The lowest BCUT2D eigenvalue weighted by atomic mass is 9.80. The molecule has 0 unspecified atom stereocenters. The number of hydrogen-bond acceptors (Lipinski definition) is 3. The van der Waals surface area contributed by atoms with E-state index in [2.05, 4.69) is 11.9 Å². The fourth-order valence-electron chi connectivity index (χ4n) is 1.73. The van der Waals surface area contributed by atoms with Crippen LogP contribution in [0.5, 0.6) is 0 Å². The molecule has 15 heavy (non-hydrogen) atoms. The van der Waals surface area contributed by atoms with Crippen molar-refractivity contribution in [3.8, 4) is 0 Å². The minimum atomic E-state index is -1.36. The third kappa shape index (κ3) is 2.81. The molecule has 2 rings (SSSR count). The van der Waals surface area contributed by atoms with Crippen molar-refractivity contribution in [1.29, 1.82) is 0 Å². The molecule has 0 bridgehead atoms.